The van der Waals surface area contributed by atoms with E-state index in [9.17, 15) is 8.78 Å². The van der Waals surface area contributed by atoms with E-state index >= 15 is 0 Å². The Morgan fingerprint density at radius 2 is 1.71 bits per heavy atom. The van der Waals surface area contributed by atoms with Crippen molar-refractivity contribution in [2.45, 2.75) is 57.7 Å². The van der Waals surface area contributed by atoms with Crippen LogP contribution < -0.4 is 5.32 Å². The first-order chi connectivity index (χ1) is 10.1. The summed E-state index contributed by atoms with van der Waals surface area (Å²) in [5.41, 5.74) is 0.709. The number of nitrogens with zero attached hydrogens (tertiary/aromatic N) is 1. The highest BCUT2D eigenvalue weighted by Gasteiger charge is 2.23. The number of benzene rings is 1. The second-order valence-corrected chi connectivity index (χ2v) is 6.15. The zero-order valence-electron chi connectivity index (χ0n) is 13.0. The number of hydrogen-bond acceptors (Lipinski definition) is 2. The van der Waals surface area contributed by atoms with Gasteiger partial charge in [0.25, 0.3) is 0 Å². The molecule has 1 N–H and O–H groups in total. The maximum atomic E-state index is 13.2. The Kier molecular flexibility index (Phi) is 6.12. The van der Waals surface area contributed by atoms with Gasteiger partial charge in [0.15, 0.2) is 0 Å². The molecule has 1 aromatic carbocycles. The molecule has 0 radical (unpaired) electrons. The molecular formula is C17H26F2N2. The lowest BCUT2D eigenvalue weighted by atomic mass is 9.90. The molecule has 0 bridgehead atoms. The number of nitrogens with one attached hydrogen (secondary N) is 1. The minimum absolute atomic E-state index is 0.495. The van der Waals surface area contributed by atoms with E-state index in [0.29, 0.717) is 24.2 Å². The predicted molar refractivity (Wildman–Crippen MR) is 82.2 cm³/mol. The zero-order chi connectivity index (χ0) is 15.2. The van der Waals surface area contributed by atoms with Crippen molar-refractivity contribution < 1.29 is 8.78 Å². The van der Waals surface area contributed by atoms with E-state index in [1.54, 1.807) is 0 Å². The molecule has 0 aliphatic heterocycles. The van der Waals surface area contributed by atoms with Crippen LogP contribution in [0.15, 0.2) is 18.2 Å². The van der Waals surface area contributed by atoms with Crippen LogP contribution in [0.4, 0.5) is 8.78 Å². The van der Waals surface area contributed by atoms with Gasteiger partial charge in [-0.2, -0.15) is 0 Å². The third-order valence-corrected chi connectivity index (χ3v) is 4.36. The molecule has 1 fully saturated rings. The fourth-order valence-corrected chi connectivity index (χ4v) is 3.19. The molecule has 2 rings (SSSR count). The van der Waals surface area contributed by atoms with Gasteiger partial charge in [0.05, 0.1) is 0 Å². The van der Waals surface area contributed by atoms with Gasteiger partial charge >= 0.3 is 0 Å². The van der Waals surface area contributed by atoms with Crippen molar-refractivity contribution in [2.75, 3.05) is 13.6 Å². The van der Waals surface area contributed by atoms with E-state index in [2.05, 4.69) is 17.1 Å². The second kappa shape index (κ2) is 7.85. The molecule has 118 valence electrons. The van der Waals surface area contributed by atoms with E-state index in [4.69, 9.17) is 0 Å². The van der Waals surface area contributed by atoms with E-state index in [-0.39, 0.29) is 0 Å². The van der Waals surface area contributed by atoms with Crippen LogP contribution >= 0.6 is 0 Å². The summed E-state index contributed by atoms with van der Waals surface area (Å²) in [5, 5.41) is 3.58. The normalized spacial score (nSPS) is 22.7. The van der Waals surface area contributed by atoms with Crippen LogP contribution in [0.2, 0.25) is 0 Å². The van der Waals surface area contributed by atoms with E-state index < -0.39 is 11.6 Å². The van der Waals surface area contributed by atoms with Crippen LogP contribution in [0.1, 0.15) is 44.6 Å². The van der Waals surface area contributed by atoms with Gasteiger partial charge < -0.3 is 5.32 Å². The average Bonchev–Trinajstić information content (AvgIpc) is 2.44. The topological polar surface area (TPSA) is 15.3 Å². The van der Waals surface area contributed by atoms with Crippen molar-refractivity contribution in [3.63, 3.8) is 0 Å². The summed E-state index contributed by atoms with van der Waals surface area (Å²) in [7, 11) is 2.05. The molecule has 0 amide bonds. The Morgan fingerprint density at radius 3 is 2.29 bits per heavy atom. The van der Waals surface area contributed by atoms with Crippen molar-refractivity contribution in [2.24, 2.45) is 0 Å². The summed E-state index contributed by atoms with van der Waals surface area (Å²) >= 11 is 0. The SMILES string of the molecule is CCCNC1CCC(N(C)Cc2cc(F)cc(F)c2)CC1. The minimum atomic E-state index is -0.495. The molecule has 1 aromatic rings. The van der Waals surface area contributed by atoms with Crippen LogP contribution in [-0.2, 0) is 6.54 Å². The number of rotatable bonds is 6. The lowest BCUT2D eigenvalue weighted by Gasteiger charge is -2.35. The lowest BCUT2D eigenvalue weighted by molar-refractivity contribution is 0.167. The molecule has 1 aliphatic rings. The van der Waals surface area contributed by atoms with Crippen molar-refractivity contribution in [1.29, 1.82) is 0 Å². The Labute approximate surface area is 126 Å². The van der Waals surface area contributed by atoms with Crippen molar-refractivity contribution in [3.05, 3.63) is 35.4 Å². The van der Waals surface area contributed by atoms with E-state index in [1.165, 1.54) is 31.4 Å². The Morgan fingerprint density at radius 1 is 1.10 bits per heavy atom. The van der Waals surface area contributed by atoms with E-state index in [0.717, 1.165) is 25.5 Å². The average molecular weight is 296 g/mol. The molecule has 1 aliphatic carbocycles. The van der Waals surface area contributed by atoms with Crippen LogP contribution in [0.3, 0.4) is 0 Å². The van der Waals surface area contributed by atoms with Crippen molar-refractivity contribution in [3.8, 4) is 0 Å². The van der Waals surface area contributed by atoms with Crippen LogP contribution in [-0.4, -0.2) is 30.6 Å². The predicted octanol–water partition coefficient (Wildman–Crippen LogP) is 3.71. The summed E-state index contributed by atoms with van der Waals surface area (Å²) < 4.78 is 26.4. The van der Waals surface area contributed by atoms with Crippen molar-refractivity contribution in [1.82, 2.24) is 10.2 Å². The summed E-state index contributed by atoms with van der Waals surface area (Å²) in [4.78, 5) is 2.23. The van der Waals surface area contributed by atoms with Crippen LogP contribution in [0, 0.1) is 11.6 Å². The summed E-state index contributed by atoms with van der Waals surface area (Å²) in [6, 6.07) is 4.92. The summed E-state index contributed by atoms with van der Waals surface area (Å²) in [6.45, 7) is 3.88. The molecule has 0 unspecified atom stereocenters. The van der Waals surface area contributed by atoms with Gasteiger partial charge in [-0.15, -0.1) is 0 Å². The van der Waals surface area contributed by atoms with Gasteiger partial charge in [-0.05, 0) is 63.4 Å². The fourth-order valence-electron chi connectivity index (χ4n) is 3.19. The van der Waals surface area contributed by atoms with Gasteiger partial charge in [-0.1, -0.05) is 6.92 Å². The first-order valence-electron chi connectivity index (χ1n) is 7.97. The molecule has 0 spiro atoms. The first kappa shape index (κ1) is 16.4. The van der Waals surface area contributed by atoms with Gasteiger partial charge in [0.1, 0.15) is 11.6 Å². The van der Waals surface area contributed by atoms with Gasteiger partial charge in [0, 0.05) is 24.7 Å². The smallest absolute Gasteiger partial charge is 0.126 e. The van der Waals surface area contributed by atoms with Gasteiger partial charge in [-0.3, -0.25) is 4.90 Å². The maximum absolute atomic E-state index is 13.2. The number of halogens is 2. The molecule has 4 heteroatoms. The third kappa shape index (κ3) is 5.04. The molecule has 0 atom stereocenters. The van der Waals surface area contributed by atoms with Gasteiger partial charge in [-0.25, -0.2) is 8.78 Å². The Bertz CT molecular complexity index is 422. The minimum Gasteiger partial charge on any atom is -0.314 e. The van der Waals surface area contributed by atoms with E-state index in [1.807, 2.05) is 7.05 Å². The monoisotopic (exact) mass is 296 g/mol. The molecule has 1 saturated carbocycles. The summed E-state index contributed by atoms with van der Waals surface area (Å²) in [5.74, 6) is -0.989. The van der Waals surface area contributed by atoms with Gasteiger partial charge in [0.2, 0.25) is 0 Å². The second-order valence-electron chi connectivity index (χ2n) is 6.15. The fraction of sp³-hybridized carbons (Fsp3) is 0.647. The number of hydrogen-bond donors (Lipinski definition) is 1. The quantitative estimate of drug-likeness (QED) is 0.861. The molecule has 2 nitrogen and oxygen atoms in total. The highest BCUT2D eigenvalue weighted by atomic mass is 19.1. The lowest BCUT2D eigenvalue weighted by Crippen LogP contribution is -2.40. The molecular weight excluding hydrogens is 270 g/mol. The summed E-state index contributed by atoms with van der Waals surface area (Å²) in [6.07, 6.45) is 5.84. The Balaban J connectivity index is 1.83. The van der Waals surface area contributed by atoms with Crippen LogP contribution in [0.5, 0.6) is 0 Å². The van der Waals surface area contributed by atoms with Crippen molar-refractivity contribution >= 4 is 0 Å². The van der Waals surface area contributed by atoms with Crippen LogP contribution in [0.25, 0.3) is 0 Å². The zero-order valence-corrected chi connectivity index (χ0v) is 13.0. The molecule has 21 heavy (non-hydrogen) atoms. The maximum Gasteiger partial charge on any atom is 0.126 e. The largest absolute Gasteiger partial charge is 0.314 e. The standard InChI is InChI=1S/C17H26F2N2/c1-3-8-20-16-4-6-17(7-5-16)21(2)12-13-9-14(18)11-15(19)10-13/h9-11,16-17,20H,3-8,12H2,1-2H3. The third-order valence-electron chi connectivity index (χ3n) is 4.36. The highest BCUT2D eigenvalue weighted by molar-refractivity contribution is 5.17. The molecule has 0 aromatic heterocycles. The molecule has 0 saturated heterocycles. The Hall–Kier alpha value is -1.00. The highest BCUT2D eigenvalue weighted by Crippen LogP contribution is 2.24. The molecule has 0 heterocycles. The first-order valence-corrected chi connectivity index (χ1v) is 7.97.